The van der Waals surface area contributed by atoms with Crippen LogP contribution in [0.3, 0.4) is 0 Å². The van der Waals surface area contributed by atoms with Crippen LogP contribution >= 0.6 is 22.6 Å². The Kier molecular flexibility index (Phi) is 4.64. The molecule has 0 saturated carbocycles. The van der Waals surface area contributed by atoms with E-state index in [1.54, 1.807) is 0 Å². The second-order valence-corrected chi connectivity index (χ2v) is 6.32. The van der Waals surface area contributed by atoms with Crippen molar-refractivity contribution in [1.82, 2.24) is 10.2 Å². The molecule has 1 saturated heterocycles. The van der Waals surface area contributed by atoms with Crippen LogP contribution in [0.1, 0.15) is 18.0 Å². The second kappa shape index (κ2) is 6.12. The molecule has 1 fully saturated rings. The number of carbonyl (C=O) groups excluding carboxylic acids is 1. The number of likely N-dealkylation sites (tertiary alicyclic amines) is 1. The number of rotatable bonds is 2. The summed E-state index contributed by atoms with van der Waals surface area (Å²) in [7, 11) is 1.46. The quantitative estimate of drug-likeness (QED) is 0.581. The first-order valence-electron chi connectivity index (χ1n) is 6.16. The molecular formula is C13H13F2IN2O3. The maximum Gasteiger partial charge on any atom is 0.404 e. The molecule has 3 atom stereocenters. The molecule has 21 heavy (non-hydrogen) atoms. The van der Waals surface area contributed by atoms with E-state index in [0.29, 0.717) is 0 Å². The van der Waals surface area contributed by atoms with Gasteiger partial charge in [-0.2, -0.15) is 0 Å². The number of carboxylic acid groups (broad SMARTS) is 1. The van der Waals surface area contributed by atoms with Gasteiger partial charge in [0.1, 0.15) is 11.6 Å². The predicted octanol–water partition coefficient (Wildman–Crippen LogP) is 2.31. The molecule has 0 bridgehead atoms. The number of benzene rings is 1. The van der Waals surface area contributed by atoms with Gasteiger partial charge in [-0.25, -0.2) is 13.6 Å². The Morgan fingerprint density at radius 2 is 2.14 bits per heavy atom. The maximum atomic E-state index is 14.0. The molecule has 0 spiro atoms. The minimum Gasteiger partial charge on any atom is -0.465 e. The number of hydrogen-bond donors (Lipinski definition) is 2. The van der Waals surface area contributed by atoms with Crippen LogP contribution in [-0.2, 0) is 4.79 Å². The van der Waals surface area contributed by atoms with Gasteiger partial charge < -0.3 is 15.3 Å². The monoisotopic (exact) mass is 410 g/mol. The van der Waals surface area contributed by atoms with Crippen LogP contribution in [-0.4, -0.2) is 39.0 Å². The molecule has 1 aromatic carbocycles. The van der Waals surface area contributed by atoms with Gasteiger partial charge in [0.2, 0.25) is 5.91 Å². The number of hydrogen-bond acceptors (Lipinski definition) is 2. The van der Waals surface area contributed by atoms with Crippen molar-refractivity contribution in [3.8, 4) is 0 Å². The van der Waals surface area contributed by atoms with Crippen molar-refractivity contribution in [3.05, 3.63) is 35.4 Å². The van der Waals surface area contributed by atoms with E-state index in [1.165, 1.54) is 11.9 Å². The lowest BCUT2D eigenvalue weighted by atomic mass is 9.90. The summed E-state index contributed by atoms with van der Waals surface area (Å²) in [6, 6.07) is 1.35. The second-order valence-electron chi connectivity index (χ2n) is 4.82. The minimum absolute atomic E-state index is 0.0344. The van der Waals surface area contributed by atoms with Gasteiger partial charge in [-0.1, -0.05) is 22.6 Å². The lowest BCUT2D eigenvalue weighted by molar-refractivity contribution is -0.134. The van der Waals surface area contributed by atoms with E-state index >= 15 is 0 Å². The van der Waals surface area contributed by atoms with Gasteiger partial charge in [-0.3, -0.25) is 4.79 Å². The summed E-state index contributed by atoms with van der Waals surface area (Å²) in [5.74, 6) is -1.56. The number of alkyl halides is 1. The Hall–Kier alpha value is -1.45. The van der Waals surface area contributed by atoms with E-state index in [-0.39, 0.29) is 17.9 Å². The molecule has 2 N–H and O–H groups in total. The van der Waals surface area contributed by atoms with Crippen LogP contribution in [0.25, 0.3) is 0 Å². The van der Waals surface area contributed by atoms with Crippen LogP contribution in [0.4, 0.5) is 13.6 Å². The summed E-state index contributed by atoms with van der Waals surface area (Å²) >= 11 is 1.91. The SMILES string of the molecule is CN1C(=O)C(I)C[C@H](NC(=O)O)[C@@H]1c1cc(F)ccc1F. The van der Waals surface area contributed by atoms with Crippen LogP contribution in [0.15, 0.2) is 18.2 Å². The molecule has 1 aliphatic heterocycles. The molecule has 1 aliphatic rings. The molecule has 2 rings (SSSR count). The Bertz CT molecular complexity index is 585. The molecule has 114 valence electrons. The van der Waals surface area contributed by atoms with Gasteiger partial charge in [0.05, 0.1) is 16.0 Å². The topological polar surface area (TPSA) is 69.6 Å². The van der Waals surface area contributed by atoms with Crippen molar-refractivity contribution in [2.45, 2.75) is 22.4 Å². The fourth-order valence-corrected chi connectivity index (χ4v) is 3.53. The zero-order chi connectivity index (χ0) is 15.7. The van der Waals surface area contributed by atoms with E-state index < -0.39 is 33.7 Å². The smallest absolute Gasteiger partial charge is 0.404 e. The minimum atomic E-state index is -1.27. The van der Waals surface area contributed by atoms with E-state index in [4.69, 9.17) is 5.11 Å². The summed E-state index contributed by atoms with van der Waals surface area (Å²) in [6.07, 6.45) is -1.05. The summed E-state index contributed by atoms with van der Waals surface area (Å²) in [6.45, 7) is 0. The number of likely N-dealkylation sites (N-methyl/N-ethyl adjacent to an activating group) is 1. The molecule has 8 heteroatoms. The van der Waals surface area contributed by atoms with Crippen molar-refractivity contribution in [1.29, 1.82) is 0 Å². The number of nitrogens with zero attached hydrogens (tertiary/aromatic N) is 1. The Morgan fingerprint density at radius 1 is 1.48 bits per heavy atom. The van der Waals surface area contributed by atoms with Gasteiger partial charge in [0.15, 0.2) is 0 Å². The van der Waals surface area contributed by atoms with Crippen LogP contribution in [0, 0.1) is 11.6 Å². The number of nitrogens with one attached hydrogen (secondary N) is 1. The molecule has 0 aromatic heterocycles. The summed E-state index contributed by atoms with van der Waals surface area (Å²) in [5.41, 5.74) is -0.0344. The molecule has 1 heterocycles. The molecule has 1 aromatic rings. The number of piperidine rings is 1. The standard InChI is InChI=1S/C13H13F2IN2O3/c1-18-11(7-4-6(14)2-3-8(7)15)10(17-13(20)21)5-9(16)12(18)19/h2-4,9-11,17H,5H2,1H3,(H,20,21)/t9?,10-,11-/m0/s1. The largest absolute Gasteiger partial charge is 0.465 e. The van der Waals surface area contributed by atoms with E-state index in [0.717, 1.165) is 18.2 Å². The van der Waals surface area contributed by atoms with E-state index in [9.17, 15) is 18.4 Å². The van der Waals surface area contributed by atoms with Crippen molar-refractivity contribution >= 4 is 34.6 Å². The van der Waals surface area contributed by atoms with Crippen LogP contribution < -0.4 is 5.32 Å². The lowest BCUT2D eigenvalue weighted by Gasteiger charge is -2.41. The number of halogens is 3. The third-order valence-corrected chi connectivity index (χ3v) is 4.50. The van der Waals surface area contributed by atoms with Gasteiger partial charge in [0.25, 0.3) is 0 Å². The Balaban J connectivity index is 2.45. The highest BCUT2D eigenvalue weighted by Crippen LogP contribution is 2.35. The molecular weight excluding hydrogens is 397 g/mol. The summed E-state index contributed by atoms with van der Waals surface area (Å²) in [5, 5.41) is 11.2. The first kappa shape index (κ1) is 15.9. The highest BCUT2D eigenvalue weighted by atomic mass is 127. The predicted molar refractivity (Wildman–Crippen MR) is 79.2 cm³/mol. The first-order chi connectivity index (χ1) is 9.81. The van der Waals surface area contributed by atoms with Crippen molar-refractivity contribution < 1.29 is 23.5 Å². The van der Waals surface area contributed by atoms with Gasteiger partial charge in [-0.05, 0) is 24.6 Å². The van der Waals surface area contributed by atoms with Gasteiger partial charge in [-0.15, -0.1) is 0 Å². The molecule has 0 aliphatic carbocycles. The average molecular weight is 410 g/mol. The highest BCUT2D eigenvalue weighted by molar-refractivity contribution is 14.1. The van der Waals surface area contributed by atoms with Crippen molar-refractivity contribution in [2.24, 2.45) is 0 Å². The zero-order valence-corrected chi connectivity index (χ0v) is 13.2. The van der Waals surface area contributed by atoms with Crippen molar-refractivity contribution in [2.75, 3.05) is 7.05 Å². The van der Waals surface area contributed by atoms with Crippen LogP contribution in [0.2, 0.25) is 0 Å². The highest BCUT2D eigenvalue weighted by Gasteiger charge is 2.41. The Labute approximate surface area is 133 Å². The lowest BCUT2D eigenvalue weighted by Crippen LogP contribution is -2.54. The fraction of sp³-hybridized carbons (Fsp3) is 0.385. The molecule has 1 unspecified atom stereocenters. The first-order valence-corrected chi connectivity index (χ1v) is 7.41. The van der Waals surface area contributed by atoms with E-state index in [2.05, 4.69) is 5.32 Å². The fourth-order valence-electron chi connectivity index (χ4n) is 2.54. The van der Waals surface area contributed by atoms with Gasteiger partial charge in [0, 0.05) is 12.6 Å². The number of amides is 2. The van der Waals surface area contributed by atoms with Crippen LogP contribution in [0.5, 0.6) is 0 Å². The normalized spacial score (nSPS) is 25.8. The van der Waals surface area contributed by atoms with E-state index in [1.807, 2.05) is 22.6 Å². The Morgan fingerprint density at radius 3 is 2.76 bits per heavy atom. The third-order valence-electron chi connectivity index (χ3n) is 3.46. The third kappa shape index (κ3) is 3.25. The molecule has 5 nitrogen and oxygen atoms in total. The number of carbonyl (C=O) groups is 2. The maximum absolute atomic E-state index is 14.0. The molecule has 2 amide bonds. The van der Waals surface area contributed by atoms with Crippen molar-refractivity contribution in [3.63, 3.8) is 0 Å². The average Bonchev–Trinajstić information content (AvgIpc) is 2.39. The zero-order valence-electron chi connectivity index (χ0n) is 11.0. The summed E-state index contributed by atoms with van der Waals surface area (Å²) in [4.78, 5) is 24.2. The van der Waals surface area contributed by atoms with Gasteiger partial charge >= 0.3 is 6.09 Å². The summed E-state index contributed by atoms with van der Waals surface area (Å²) < 4.78 is 26.9. The molecule has 0 radical (unpaired) electrons.